The first-order valence-corrected chi connectivity index (χ1v) is 6.92. The molecule has 0 radical (unpaired) electrons. The zero-order valence-electron chi connectivity index (χ0n) is 11.8. The molecule has 2 unspecified atom stereocenters. The van der Waals surface area contributed by atoms with Gasteiger partial charge in [0, 0.05) is 0 Å². The molecule has 0 aliphatic heterocycles. The Balaban J connectivity index is 2.76. The fourth-order valence-corrected chi connectivity index (χ4v) is 2.61. The first kappa shape index (κ1) is 15.2. The van der Waals surface area contributed by atoms with Crippen LogP contribution in [-0.4, -0.2) is 21.8 Å². The van der Waals surface area contributed by atoms with Crippen molar-refractivity contribution in [3.05, 3.63) is 11.6 Å². The third-order valence-electron chi connectivity index (χ3n) is 4.24. The van der Waals surface area contributed by atoms with E-state index in [-0.39, 0.29) is 11.8 Å². The second-order valence-electron chi connectivity index (χ2n) is 6.05. The van der Waals surface area contributed by atoms with E-state index in [0.29, 0.717) is 6.42 Å². The summed E-state index contributed by atoms with van der Waals surface area (Å²) in [5, 5.41) is 19.4. The Labute approximate surface area is 110 Å². The number of aliphatic carboxylic acids is 1. The maximum Gasteiger partial charge on any atom is 0.306 e. The zero-order valence-corrected chi connectivity index (χ0v) is 11.8. The van der Waals surface area contributed by atoms with Gasteiger partial charge < -0.3 is 10.2 Å². The van der Waals surface area contributed by atoms with Crippen molar-refractivity contribution >= 4 is 5.97 Å². The van der Waals surface area contributed by atoms with Crippen LogP contribution < -0.4 is 0 Å². The van der Waals surface area contributed by atoms with Gasteiger partial charge in [0.05, 0.1) is 11.5 Å². The lowest BCUT2D eigenvalue weighted by Gasteiger charge is -2.28. The van der Waals surface area contributed by atoms with Gasteiger partial charge in [-0.25, -0.2) is 0 Å². The van der Waals surface area contributed by atoms with Crippen molar-refractivity contribution in [2.75, 3.05) is 0 Å². The molecule has 0 saturated carbocycles. The molecule has 0 fully saturated rings. The molecule has 0 heterocycles. The summed E-state index contributed by atoms with van der Waals surface area (Å²) in [5.41, 5.74) is 0.653. The molecule has 0 aromatic heterocycles. The topological polar surface area (TPSA) is 57.5 Å². The predicted octanol–water partition coefficient (Wildman–Crippen LogP) is 3.37. The monoisotopic (exact) mass is 254 g/mol. The fourth-order valence-electron chi connectivity index (χ4n) is 2.61. The van der Waals surface area contributed by atoms with Gasteiger partial charge in [-0.3, -0.25) is 4.79 Å². The quantitative estimate of drug-likeness (QED) is 0.743. The highest BCUT2D eigenvalue weighted by molar-refractivity contribution is 5.69. The molecule has 1 aliphatic rings. The largest absolute Gasteiger partial charge is 0.481 e. The lowest BCUT2D eigenvalue weighted by Crippen LogP contribution is -2.28. The molecule has 0 aromatic carbocycles. The van der Waals surface area contributed by atoms with E-state index in [4.69, 9.17) is 5.11 Å². The van der Waals surface area contributed by atoms with E-state index < -0.39 is 11.6 Å². The van der Waals surface area contributed by atoms with Gasteiger partial charge in [-0.05, 0) is 58.3 Å². The molecule has 2 N–H and O–H groups in total. The maximum atomic E-state index is 11.1. The Bertz CT molecular complexity index is 318. The number of aliphatic hydroxyl groups is 1. The van der Waals surface area contributed by atoms with Gasteiger partial charge in [0.1, 0.15) is 0 Å². The second kappa shape index (κ2) is 6.37. The van der Waals surface area contributed by atoms with Crippen LogP contribution in [0.2, 0.25) is 0 Å². The number of allylic oxidation sites excluding steroid dienone is 2. The molecule has 0 saturated heterocycles. The summed E-state index contributed by atoms with van der Waals surface area (Å²) in [7, 11) is 0. The molecule has 0 aromatic rings. The third-order valence-corrected chi connectivity index (χ3v) is 4.24. The van der Waals surface area contributed by atoms with Gasteiger partial charge in [0.2, 0.25) is 0 Å². The molecule has 104 valence electrons. The van der Waals surface area contributed by atoms with Crippen LogP contribution >= 0.6 is 0 Å². The van der Waals surface area contributed by atoms with Crippen molar-refractivity contribution in [3.63, 3.8) is 0 Å². The van der Waals surface area contributed by atoms with Crippen molar-refractivity contribution in [2.24, 2.45) is 11.8 Å². The van der Waals surface area contributed by atoms with Crippen LogP contribution in [0.1, 0.15) is 59.3 Å². The summed E-state index contributed by atoms with van der Waals surface area (Å²) in [4.78, 5) is 11.1. The molecule has 18 heavy (non-hydrogen) atoms. The van der Waals surface area contributed by atoms with Crippen molar-refractivity contribution < 1.29 is 15.0 Å². The minimum absolute atomic E-state index is 0.162. The number of carbonyl (C=O) groups is 1. The Morgan fingerprint density at radius 2 is 2.11 bits per heavy atom. The smallest absolute Gasteiger partial charge is 0.306 e. The van der Waals surface area contributed by atoms with Gasteiger partial charge in [-0.2, -0.15) is 0 Å². The molecule has 3 atom stereocenters. The highest BCUT2D eigenvalue weighted by atomic mass is 16.4. The highest BCUT2D eigenvalue weighted by Crippen LogP contribution is 2.31. The van der Waals surface area contributed by atoms with Crippen LogP contribution in [0.25, 0.3) is 0 Å². The van der Waals surface area contributed by atoms with E-state index in [1.807, 2.05) is 6.92 Å². The molecule has 3 nitrogen and oxygen atoms in total. The zero-order chi connectivity index (χ0) is 13.8. The van der Waals surface area contributed by atoms with Crippen molar-refractivity contribution in [1.29, 1.82) is 0 Å². The van der Waals surface area contributed by atoms with Gasteiger partial charge in [0.15, 0.2) is 0 Å². The molecule has 1 rings (SSSR count). The molecular weight excluding hydrogens is 228 g/mol. The van der Waals surface area contributed by atoms with Crippen LogP contribution in [0.5, 0.6) is 0 Å². The molecule has 0 bridgehead atoms. The van der Waals surface area contributed by atoms with E-state index in [0.717, 1.165) is 32.1 Å². The Hall–Kier alpha value is -0.830. The first-order chi connectivity index (χ1) is 8.32. The van der Waals surface area contributed by atoms with Crippen molar-refractivity contribution in [1.82, 2.24) is 0 Å². The van der Waals surface area contributed by atoms with E-state index in [1.54, 1.807) is 6.92 Å². The van der Waals surface area contributed by atoms with E-state index in [1.165, 1.54) is 5.57 Å². The SMILES string of the molecule is C/C1=C\CCC(C)(O)CCC([C@H](C)C(=O)O)CC1. The number of hydrogen-bond acceptors (Lipinski definition) is 2. The number of hydrogen-bond donors (Lipinski definition) is 2. The second-order valence-corrected chi connectivity index (χ2v) is 6.05. The lowest BCUT2D eigenvalue weighted by atomic mass is 9.80. The average Bonchev–Trinajstić information content (AvgIpc) is 2.27. The average molecular weight is 254 g/mol. The maximum absolute atomic E-state index is 11.1. The summed E-state index contributed by atoms with van der Waals surface area (Å²) >= 11 is 0. The molecule has 1 aliphatic carbocycles. The third kappa shape index (κ3) is 4.81. The van der Waals surface area contributed by atoms with Crippen LogP contribution in [-0.2, 0) is 4.79 Å². The minimum Gasteiger partial charge on any atom is -0.481 e. The van der Waals surface area contributed by atoms with Gasteiger partial charge in [-0.15, -0.1) is 0 Å². The predicted molar refractivity (Wildman–Crippen MR) is 72.4 cm³/mol. The van der Waals surface area contributed by atoms with Gasteiger partial charge in [0.25, 0.3) is 0 Å². The van der Waals surface area contributed by atoms with Crippen LogP contribution in [0.3, 0.4) is 0 Å². The van der Waals surface area contributed by atoms with Crippen LogP contribution in [0.4, 0.5) is 0 Å². The summed E-state index contributed by atoms with van der Waals surface area (Å²) in [6, 6.07) is 0. The van der Waals surface area contributed by atoms with E-state index in [9.17, 15) is 9.90 Å². The Morgan fingerprint density at radius 3 is 2.72 bits per heavy atom. The normalized spacial score (nSPS) is 35.3. The Kier molecular flexibility index (Phi) is 5.39. The number of rotatable bonds is 2. The first-order valence-electron chi connectivity index (χ1n) is 6.92. The molecule has 3 heteroatoms. The van der Waals surface area contributed by atoms with Crippen molar-refractivity contribution in [2.45, 2.75) is 64.9 Å². The van der Waals surface area contributed by atoms with Crippen molar-refractivity contribution in [3.8, 4) is 0 Å². The van der Waals surface area contributed by atoms with E-state index in [2.05, 4.69) is 13.0 Å². The molecular formula is C15H26O3. The van der Waals surface area contributed by atoms with Crippen LogP contribution in [0, 0.1) is 11.8 Å². The summed E-state index contributed by atoms with van der Waals surface area (Å²) in [6.45, 7) is 5.74. The summed E-state index contributed by atoms with van der Waals surface area (Å²) < 4.78 is 0. The standard InChI is InChI=1S/C15H26O3/c1-11-5-4-9-15(3,18)10-8-13(7-6-11)12(2)14(16)17/h5,12-13,18H,4,6-10H2,1-3H3,(H,16,17)/b11-5+/t12-,13?,15?/m0/s1. The Morgan fingerprint density at radius 1 is 1.44 bits per heavy atom. The highest BCUT2D eigenvalue weighted by Gasteiger charge is 2.28. The number of carboxylic acids is 1. The molecule has 0 amide bonds. The molecule has 0 spiro atoms. The number of carboxylic acid groups (broad SMARTS) is 1. The lowest BCUT2D eigenvalue weighted by molar-refractivity contribution is -0.143. The summed E-state index contributed by atoms with van der Waals surface area (Å²) in [6.07, 6.45) is 7.24. The fraction of sp³-hybridized carbons (Fsp3) is 0.800. The summed E-state index contributed by atoms with van der Waals surface area (Å²) in [5.74, 6) is -0.887. The van der Waals surface area contributed by atoms with Gasteiger partial charge >= 0.3 is 5.97 Å². The minimum atomic E-state index is -0.724. The van der Waals surface area contributed by atoms with Crippen LogP contribution in [0.15, 0.2) is 11.6 Å². The van der Waals surface area contributed by atoms with E-state index >= 15 is 0 Å². The van der Waals surface area contributed by atoms with Gasteiger partial charge in [-0.1, -0.05) is 18.6 Å².